The molecule has 140 valence electrons. The van der Waals surface area contributed by atoms with Crippen LogP contribution in [-0.4, -0.2) is 24.1 Å². The van der Waals surface area contributed by atoms with E-state index in [2.05, 4.69) is 51.3 Å². The van der Waals surface area contributed by atoms with Crippen molar-refractivity contribution < 1.29 is 0 Å². The second kappa shape index (κ2) is 7.44. The third kappa shape index (κ3) is 3.39. The van der Waals surface area contributed by atoms with Crippen LogP contribution in [0.15, 0.2) is 110 Å². The molecule has 0 aliphatic heterocycles. The molecule has 0 atom stereocenters. The average Bonchev–Trinajstić information content (AvgIpc) is 3.50. The average molecular weight is 378 g/mol. The number of nitrogens with zero attached hydrogens (tertiary/aromatic N) is 6. The van der Waals surface area contributed by atoms with Crippen molar-refractivity contribution in [3.05, 3.63) is 110 Å². The lowest BCUT2D eigenvalue weighted by molar-refractivity contribution is 0.932. The van der Waals surface area contributed by atoms with Gasteiger partial charge in [0.1, 0.15) is 24.3 Å². The fraction of sp³-hybridized carbons (Fsp3) is 0. The van der Waals surface area contributed by atoms with Crippen LogP contribution < -0.4 is 4.90 Å². The van der Waals surface area contributed by atoms with E-state index in [4.69, 9.17) is 4.98 Å². The zero-order valence-electron chi connectivity index (χ0n) is 15.6. The van der Waals surface area contributed by atoms with Crippen LogP contribution in [0, 0.1) is 0 Å². The van der Waals surface area contributed by atoms with Gasteiger partial charge in [-0.3, -0.25) is 9.13 Å². The molecule has 0 radical (unpaired) electrons. The molecule has 0 unspecified atom stereocenters. The van der Waals surface area contributed by atoms with Gasteiger partial charge < -0.3 is 4.90 Å². The van der Waals surface area contributed by atoms with Crippen molar-refractivity contribution in [2.75, 3.05) is 4.90 Å². The molecule has 2 aromatic carbocycles. The van der Waals surface area contributed by atoms with Gasteiger partial charge in [0.15, 0.2) is 0 Å². The summed E-state index contributed by atoms with van der Waals surface area (Å²) >= 11 is 0. The summed E-state index contributed by atoms with van der Waals surface area (Å²) in [5.41, 5.74) is 3.13. The van der Waals surface area contributed by atoms with E-state index in [1.807, 2.05) is 57.9 Å². The zero-order chi connectivity index (χ0) is 19.5. The minimum atomic E-state index is 0.778. The van der Waals surface area contributed by atoms with Gasteiger partial charge in [-0.1, -0.05) is 36.4 Å². The standard InChI is InChI=1S/C23H18N6/c1-3-7-19(8-4-1)29(20-9-5-2-6-10-20)21-15-22(27-13-11-24-17-27)26-23(16-21)28-14-12-25-18-28/h1-18H. The van der Waals surface area contributed by atoms with Gasteiger partial charge in [-0.2, -0.15) is 0 Å². The SMILES string of the molecule is c1ccc(N(c2ccccc2)c2cc(-n3ccnc3)nc(-n3ccnc3)c2)cc1. The monoisotopic (exact) mass is 378 g/mol. The normalized spacial score (nSPS) is 10.8. The van der Waals surface area contributed by atoms with Crippen molar-refractivity contribution in [1.29, 1.82) is 0 Å². The third-order valence-electron chi connectivity index (χ3n) is 4.61. The molecule has 0 saturated carbocycles. The molecule has 0 bridgehead atoms. The third-order valence-corrected chi connectivity index (χ3v) is 4.61. The van der Waals surface area contributed by atoms with Crippen LogP contribution in [0.4, 0.5) is 17.1 Å². The molecule has 6 heteroatoms. The lowest BCUT2D eigenvalue weighted by Crippen LogP contribution is -2.12. The Balaban J connectivity index is 1.73. The molecular weight excluding hydrogens is 360 g/mol. The minimum Gasteiger partial charge on any atom is -0.310 e. The molecule has 3 heterocycles. The van der Waals surface area contributed by atoms with E-state index in [1.165, 1.54) is 0 Å². The van der Waals surface area contributed by atoms with Crippen molar-refractivity contribution in [2.24, 2.45) is 0 Å². The highest BCUT2D eigenvalue weighted by atomic mass is 15.2. The fourth-order valence-electron chi connectivity index (χ4n) is 3.27. The molecular formula is C23H18N6. The summed E-state index contributed by atoms with van der Waals surface area (Å²) in [6, 6.07) is 24.7. The first kappa shape index (κ1) is 16.9. The maximum absolute atomic E-state index is 4.81. The van der Waals surface area contributed by atoms with Gasteiger partial charge in [-0.25, -0.2) is 15.0 Å². The summed E-state index contributed by atoms with van der Waals surface area (Å²) in [5.74, 6) is 1.56. The number of rotatable bonds is 5. The smallest absolute Gasteiger partial charge is 0.142 e. The van der Waals surface area contributed by atoms with Crippen LogP contribution in [0.1, 0.15) is 0 Å². The number of hydrogen-bond donors (Lipinski definition) is 0. The summed E-state index contributed by atoms with van der Waals surface area (Å²) in [6.07, 6.45) is 10.8. The maximum Gasteiger partial charge on any atom is 0.142 e. The number of imidazole rings is 2. The van der Waals surface area contributed by atoms with Crippen LogP contribution in [-0.2, 0) is 0 Å². The van der Waals surface area contributed by atoms with E-state index in [-0.39, 0.29) is 0 Å². The Hall–Kier alpha value is -4.19. The highest BCUT2D eigenvalue weighted by Gasteiger charge is 2.15. The number of para-hydroxylation sites is 2. The van der Waals surface area contributed by atoms with Crippen LogP contribution in [0.25, 0.3) is 11.6 Å². The first-order valence-corrected chi connectivity index (χ1v) is 9.27. The highest BCUT2D eigenvalue weighted by Crippen LogP contribution is 2.35. The first-order chi connectivity index (χ1) is 14.4. The summed E-state index contributed by atoms with van der Waals surface area (Å²) in [7, 11) is 0. The van der Waals surface area contributed by atoms with Crippen molar-refractivity contribution in [2.45, 2.75) is 0 Å². The largest absolute Gasteiger partial charge is 0.310 e. The molecule has 3 aromatic heterocycles. The maximum atomic E-state index is 4.81. The predicted octanol–water partition coefficient (Wildman–Crippen LogP) is 4.92. The van der Waals surface area contributed by atoms with Crippen LogP contribution in [0.5, 0.6) is 0 Å². The molecule has 0 fully saturated rings. The zero-order valence-corrected chi connectivity index (χ0v) is 15.6. The first-order valence-electron chi connectivity index (χ1n) is 9.27. The summed E-state index contributed by atoms with van der Waals surface area (Å²) in [4.78, 5) is 15.4. The summed E-state index contributed by atoms with van der Waals surface area (Å²) in [5, 5.41) is 0. The molecule has 0 aliphatic carbocycles. The molecule has 6 nitrogen and oxygen atoms in total. The molecule has 5 rings (SSSR count). The molecule has 29 heavy (non-hydrogen) atoms. The lowest BCUT2D eigenvalue weighted by atomic mass is 10.2. The van der Waals surface area contributed by atoms with Gasteiger partial charge in [0.2, 0.25) is 0 Å². The Labute approximate surface area is 168 Å². The highest BCUT2D eigenvalue weighted by molar-refractivity contribution is 5.77. The number of benzene rings is 2. The van der Waals surface area contributed by atoms with Gasteiger partial charge >= 0.3 is 0 Å². The van der Waals surface area contributed by atoms with Crippen molar-refractivity contribution >= 4 is 17.1 Å². The van der Waals surface area contributed by atoms with Crippen molar-refractivity contribution in [3.63, 3.8) is 0 Å². The molecule has 0 saturated heterocycles. The van der Waals surface area contributed by atoms with Crippen molar-refractivity contribution in [3.8, 4) is 11.6 Å². The van der Waals surface area contributed by atoms with Crippen LogP contribution in [0.2, 0.25) is 0 Å². The number of pyridine rings is 1. The van der Waals surface area contributed by atoms with E-state index in [0.717, 1.165) is 28.7 Å². The Morgan fingerprint density at radius 2 is 1.07 bits per heavy atom. The predicted molar refractivity (Wildman–Crippen MR) is 113 cm³/mol. The quantitative estimate of drug-likeness (QED) is 0.435. The molecule has 0 aliphatic rings. The lowest BCUT2D eigenvalue weighted by Gasteiger charge is -2.26. The van der Waals surface area contributed by atoms with E-state index >= 15 is 0 Å². The molecule has 0 N–H and O–H groups in total. The summed E-state index contributed by atoms with van der Waals surface area (Å²) in [6.45, 7) is 0. The van der Waals surface area contributed by atoms with Gasteiger partial charge in [-0.05, 0) is 24.3 Å². The van der Waals surface area contributed by atoms with E-state index < -0.39 is 0 Å². The van der Waals surface area contributed by atoms with Crippen LogP contribution >= 0.6 is 0 Å². The number of anilines is 3. The second-order valence-corrected chi connectivity index (χ2v) is 6.49. The van der Waals surface area contributed by atoms with Crippen molar-refractivity contribution in [1.82, 2.24) is 24.1 Å². The number of aromatic nitrogens is 5. The Morgan fingerprint density at radius 3 is 1.48 bits per heavy atom. The van der Waals surface area contributed by atoms with Gasteiger partial charge in [0.05, 0.1) is 5.69 Å². The van der Waals surface area contributed by atoms with Gasteiger partial charge in [-0.15, -0.1) is 0 Å². The molecule has 0 spiro atoms. The van der Waals surface area contributed by atoms with E-state index in [0.29, 0.717) is 0 Å². The topological polar surface area (TPSA) is 51.8 Å². The number of hydrogen-bond acceptors (Lipinski definition) is 4. The second-order valence-electron chi connectivity index (χ2n) is 6.49. The molecule has 5 aromatic rings. The fourth-order valence-corrected chi connectivity index (χ4v) is 3.27. The minimum absolute atomic E-state index is 0.778. The van der Waals surface area contributed by atoms with E-state index in [1.54, 1.807) is 25.0 Å². The summed E-state index contributed by atoms with van der Waals surface area (Å²) < 4.78 is 3.80. The Bertz CT molecular complexity index is 1090. The Kier molecular flexibility index (Phi) is 4.35. The molecule has 0 amide bonds. The van der Waals surface area contributed by atoms with Gasteiger partial charge in [0.25, 0.3) is 0 Å². The van der Waals surface area contributed by atoms with Gasteiger partial charge in [0, 0.05) is 48.3 Å². The van der Waals surface area contributed by atoms with Crippen LogP contribution in [0.3, 0.4) is 0 Å². The Morgan fingerprint density at radius 1 is 0.586 bits per heavy atom. The van der Waals surface area contributed by atoms with E-state index in [9.17, 15) is 0 Å².